The fourth-order valence-electron chi connectivity index (χ4n) is 2.63. The van der Waals surface area contributed by atoms with Gasteiger partial charge in [0.2, 0.25) is 5.88 Å². The lowest BCUT2D eigenvalue weighted by Crippen LogP contribution is -2.32. The highest BCUT2D eigenvalue weighted by atomic mass is 19.4. The molecule has 0 unspecified atom stereocenters. The molecule has 8 nitrogen and oxygen atoms in total. The number of aromatic amines is 1. The van der Waals surface area contributed by atoms with E-state index in [1.54, 1.807) is 5.32 Å². The van der Waals surface area contributed by atoms with Crippen molar-refractivity contribution in [3.8, 4) is 5.88 Å². The summed E-state index contributed by atoms with van der Waals surface area (Å²) in [4.78, 5) is 41.3. The number of hydrogen-bond acceptors (Lipinski definition) is 5. The minimum atomic E-state index is -5.12. The minimum absolute atomic E-state index is 0.139. The summed E-state index contributed by atoms with van der Waals surface area (Å²) in [6.45, 7) is -0.208. The van der Waals surface area contributed by atoms with Crippen LogP contribution >= 0.6 is 0 Å². The standard InChI is InChI=1S/C20H14F4N4O4/c21-12-7-5-11(6-8-12)10-28-17(30)13(16(29)27-19(28)32)9-25-14-3-1-2-4-15(14)26-18(31)20(22,23)24/h1-9,30H,10H2,(H,26,31)(H,27,29,32). The molecular formula is C20H14F4N4O4. The zero-order valence-corrected chi connectivity index (χ0v) is 16.0. The molecule has 3 rings (SSSR count). The molecule has 0 fully saturated rings. The predicted octanol–water partition coefficient (Wildman–Crippen LogP) is 2.68. The van der Waals surface area contributed by atoms with Gasteiger partial charge in [-0.3, -0.25) is 24.1 Å². The van der Waals surface area contributed by atoms with Crippen molar-refractivity contribution in [2.24, 2.45) is 4.99 Å². The van der Waals surface area contributed by atoms with Gasteiger partial charge in [0, 0.05) is 6.21 Å². The monoisotopic (exact) mass is 450 g/mol. The second-order valence-corrected chi connectivity index (χ2v) is 6.44. The van der Waals surface area contributed by atoms with E-state index in [1.807, 2.05) is 4.98 Å². The third kappa shape index (κ3) is 5.09. The first-order valence-electron chi connectivity index (χ1n) is 8.88. The Morgan fingerprint density at radius 3 is 2.44 bits per heavy atom. The van der Waals surface area contributed by atoms with Gasteiger partial charge in [0.25, 0.3) is 5.56 Å². The second kappa shape index (κ2) is 8.88. The largest absolute Gasteiger partial charge is 0.494 e. The molecule has 32 heavy (non-hydrogen) atoms. The number of anilines is 1. The smallest absolute Gasteiger partial charge is 0.471 e. The lowest BCUT2D eigenvalue weighted by atomic mass is 10.2. The molecular weight excluding hydrogens is 436 g/mol. The van der Waals surface area contributed by atoms with E-state index < -0.39 is 40.6 Å². The zero-order chi connectivity index (χ0) is 23.5. The van der Waals surface area contributed by atoms with Crippen molar-refractivity contribution in [1.29, 1.82) is 0 Å². The Kier molecular flexibility index (Phi) is 6.23. The summed E-state index contributed by atoms with van der Waals surface area (Å²) < 4.78 is 51.4. The van der Waals surface area contributed by atoms with Gasteiger partial charge in [-0.1, -0.05) is 24.3 Å². The van der Waals surface area contributed by atoms with Crippen molar-refractivity contribution in [2.45, 2.75) is 12.7 Å². The fourth-order valence-corrected chi connectivity index (χ4v) is 2.63. The number of para-hydroxylation sites is 2. The molecule has 0 radical (unpaired) electrons. The van der Waals surface area contributed by atoms with Gasteiger partial charge in [0.1, 0.15) is 11.4 Å². The van der Waals surface area contributed by atoms with Gasteiger partial charge in [-0.15, -0.1) is 0 Å². The molecule has 0 spiro atoms. The summed E-state index contributed by atoms with van der Waals surface area (Å²) >= 11 is 0. The Balaban J connectivity index is 1.96. The number of H-pyrrole nitrogens is 1. The summed E-state index contributed by atoms with van der Waals surface area (Å²) in [5, 5.41) is 12.1. The van der Waals surface area contributed by atoms with Gasteiger partial charge in [0.05, 0.1) is 17.9 Å². The number of aromatic hydroxyl groups is 1. The molecule has 0 aliphatic heterocycles. The second-order valence-electron chi connectivity index (χ2n) is 6.44. The summed E-state index contributed by atoms with van der Waals surface area (Å²) in [5.41, 5.74) is -2.38. The number of carbonyl (C=O) groups is 1. The molecule has 1 amide bonds. The Morgan fingerprint density at radius 2 is 1.78 bits per heavy atom. The number of alkyl halides is 3. The van der Waals surface area contributed by atoms with Crippen molar-refractivity contribution in [1.82, 2.24) is 9.55 Å². The summed E-state index contributed by atoms with van der Waals surface area (Å²) in [7, 11) is 0. The van der Waals surface area contributed by atoms with Gasteiger partial charge in [0.15, 0.2) is 0 Å². The van der Waals surface area contributed by atoms with E-state index in [-0.39, 0.29) is 17.9 Å². The third-order valence-electron chi connectivity index (χ3n) is 4.20. The van der Waals surface area contributed by atoms with Crippen LogP contribution in [-0.4, -0.2) is 33.0 Å². The van der Waals surface area contributed by atoms with E-state index in [9.17, 15) is 37.1 Å². The first kappa shape index (κ1) is 22.5. The van der Waals surface area contributed by atoms with Crippen molar-refractivity contribution >= 4 is 23.5 Å². The molecule has 166 valence electrons. The first-order chi connectivity index (χ1) is 15.1. The summed E-state index contributed by atoms with van der Waals surface area (Å²) in [6, 6.07) is 10.3. The van der Waals surface area contributed by atoms with Gasteiger partial charge < -0.3 is 10.4 Å². The van der Waals surface area contributed by atoms with Crippen LogP contribution in [0.1, 0.15) is 11.1 Å². The quantitative estimate of drug-likeness (QED) is 0.409. The molecule has 3 aromatic rings. The van der Waals surface area contributed by atoms with Crippen LogP contribution in [0.25, 0.3) is 0 Å². The minimum Gasteiger partial charge on any atom is -0.494 e. The number of hydrogen-bond donors (Lipinski definition) is 3. The molecule has 1 heterocycles. The molecule has 1 aromatic heterocycles. The topological polar surface area (TPSA) is 117 Å². The van der Waals surface area contributed by atoms with E-state index in [0.29, 0.717) is 5.56 Å². The molecule has 12 heteroatoms. The number of aromatic nitrogens is 2. The summed E-state index contributed by atoms with van der Waals surface area (Å²) in [5.74, 6) is -3.48. The number of rotatable bonds is 5. The molecule has 0 aliphatic rings. The molecule has 0 atom stereocenters. The lowest BCUT2D eigenvalue weighted by molar-refractivity contribution is -0.167. The van der Waals surface area contributed by atoms with E-state index in [2.05, 4.69) is 4.99 Å². The number of benzene rings is 2. The highest BCUT2D eigenvalue weighted by Crippen LogP contribution is 2.27. The van der Waals surface area contributed by atoms with Gasteiger partial charge in [-0.05, 0) is 29.8 Å². The number of amides is 1. The molecule has 2 aromatic carbocycles. The van der Waals surface area contributed by atoms with Crippen LogP contribution in [0.4, 0.5) is 28.9 Å². The number of aliphatic imine (C=N–C) groups is 1. The van der Waals surface area contributed by atoms with Crippen molar-refractivity contribution in [3.05, 3.63) is 86.3 Å². The average Bonchev–Trinajstić information content (AvgIpc) is 2.72. The average molecular weight is 450 g/mol. The van der Waals surface area contributed by atoms with E-state index in [4.69, 9.17) is 0 Å². The number of carbonyl (C=O) groups excluding carboxylic acids is 1. The lowest BCUT2D eigenvalue weighted by Gasteiger charge is -2.11. The number of halogens is 4. The fraction of sp³-hybridized carbons (Fsp3) is 0.100. The van der Waals surface area contributed by atoms with E-state index in [0.717, 1.165) is 29.0 Å². The SMILES string of the molecule is O=C(Nc1ccccc1N=Cc1c(O)n(Cc2ccc(F)cc2)c(=O)[nH]c1=O)C(F)(F)F. The predicted molar refractivity (Wildman–Crippen MR) is 107 cm³/mol. The molecule has 0 saturated carbocycles. The zero-order valence-electron chi connectivity index (χ0n) is 16.0. The van der Waals surface area contributed by atoms with Crippen molar-refractivity contribution in [2.75, 3.05) is 5.32 Å². The van der Waals surface area contributed by atoms with Crippen LogP contribution in [0.5, 0.6) is 5.88 Å². The van der Waals surface area contributed by atoms with Crippen LogP contribution in [-0.2, 0) is 11.3 Å². The van der Waals surface area contributed by atoms with Gasteiger partial charge in [-0.2, -0.15) is 13.2 Å². The maximum absolute atomic E-state index is 13.1. The molecule has 0 bridgehead atoms. The van der Waals surface area contributed by atoms with Crippen LogP contribution in [0.15, 0.2) is 63.1 Å². The van der Waals surface area contributed by atoms with Crippen LogP contribution < -0.4 is 16.6 Å². The first-order valence-corrected chi connectivity index (χ1v) is 8.88. The summed E-state index contributed by atoms with van der Waals surface area (Å²) in [6.07, 6.45) is -4.28. The Labute approximate surface area is 176 Å². The maximum Gasteiger partial charge on any atom is 0.471 e. The van der Waals surface area contributed by atoms with Gasteiger partial charge >= 0.3 is 17.8 Å². The normalized spacial score (nSPS) is 11.6. The number of nitrogens with zero attached hydrogens (tertiary/aromatic N) is 2. The number of nitrogens with one attached hydrogen (secondary N) is 2. The third-order valence-corrected chi connectivity index (χ3v) is 4.20. The van der Waals surface area contributed by atoms with Crippen LogP contribution in [0.2, 0.25) is 0 Å². The molecule has 0 aliphatic carbocycles. The Bertz CT molecular complexity index is 1290. The van der Waals surface area contributed by atoms with Crippen LogP contribution in [0, 0.1) is 5.82 Å². The van der Waals surface area contributed by atoms with Crippen molar-refractivity contribution in [3.63, 3.8) is 0 Å². The highest BCUT2D eigenvalue weighted by Gasteiger charge is 2.38. The highest BCUT2D eigenvalue weighted by molar-refractivity contribution is 5.98. The Hall–Kier alpha value is -4.22. The van der Waals surface area contributed by atoms with Crippen molar-refractivity contribution < 1.29 is 27.5 Å². The maximum atomic E-state index is 13.1. The van der Waals surface area contributed by atoms with Gasteiger partial charge in [-0.25, -0.2) is 9.18 Å². The van der Waals surface area contributed by atoms with Crippen LogP contribution in [0.3, 0.4) is 0 Å². The molecule has 3 N–H and O–H groups in total. The molecule has 0 saturated heterocycles. The Morgan fingerprint density at radius 1 is 1.12 bits per heavy atom. The van der Waals surface area contributed by atoms with E-state index in [1.165, 1.54) is 30.3 Å². The van der Waals surface area contributed by atoms with E-state index >= 15 is 0 Å².